The molecule has 1 unspecified atom stereocenters. The lowest BCUT2D eigenvalue weighted by molar-refractivity contribution is 0.149. The van der Waals surface area contributed by atoms with E-state index < -0.39 is 6.10 Å². The molecule has 1 heterocycles. The minimum absolute atomic E-state index is 0.277. The van der Waals surface area contributed by atoms with Crippen LogP contribution in [0.15, 0.2) is 48.8 Å². The van der Waals surface area contributed by atoms with Gasteiger partial charge in [-0.3, -0.25) is 4.98 Å². The number of benzene rings is 1. The molecule has 0 saturated carbocycles. The monoisotopic (exact) mass is 288 g/mol. The van der Waals surface area contributed by atoms with Crippen molar-refractivity contribution in [3.63, 3.8) is 0 Å². The predicted molar refractivity (Wildman–Crippen MR) is 81.4 cm³/mol. The first-order valence-electron chi connectivity index (χ1n) is 7.16. The van der Waals surface area contributed by atoms with Crippen molar-refractivity contribution in [1.82, 2.24) is 9.88 Å². The smallest absolute Gasteiger partial charge is 0.123 e. The summed E-state index contributed by atoms with van der Waals surface area (Å²) in [5.74, 6) is -0.277. The molecule has 0 fully saturated rings. The number of aromatic nitrogens is 1. The number of rotatable bonds is 7. The highest BCUT2D eigenvalue weighted by Gasteiger charge is 2.09. The largest absolute Gasteiger partial charge is 0.388 e. The van der Waals surface area contributed by atoms with Crippen LogP contribution in [0.4, 0.5) is 4.39 Å². The molecule has 0 amide bonds. The van der Waals surface area contributed by atoms with Crippen LogP contribution in [0.2, 0.25) is 0 Å². The van der Waals surface area contributed by atoms with E-state index in [0.717, 1.165) is 25.1 Å². The molecule has 2 aromatic rings. The zero-order valence-electron chi connectivity index (χ0n) is 12.2. The number of hydrogen-bond acceptors (Lipinski definition) is 3. The van der Waals surface area contributed by atoms with Crippen LogP contribution in [-0.4, -0.2) is 35.1 Å². The van der Waals surface area contributed by atoms with E-state index in [-0.39, 0.29) is 5.82 Å². The van der Waals surface area contributed by atoms with Crippen LogP contribution in [0.3, 0.4) is 0 Å². The summed E-state index contributed by atoms with van der Waals surface area (Å²) in [4.78, 5) is 6.19. The Balaban J connectivity index is 1.73. The second kappa shape index (κ2) is 7.86. The molecule has 1 aromatic heterocycles. The fourth-order valence-corrected chi connectivity index (χ4v) is 2.18. The zero-order chi connectivity index (χ0) is 15.1. The molecule has 1 aromatic carbocycles. The third-order valence-electron chi connectivity index (χ3n) is 3.57. The van der Waals surface area contributed by atoms with Crippen LogP contribution < -0.4 is 0 Å². The molecule has 4 heteroatoms. The van der Waals surface area contributed by atoms with Crippen molar-refractivity contribution in [2.45, 2.75) is 18.9 Å². The third kappa shape index (κ3) is 5.25. The summed E-state index contributed by atoms with van der Waals surface area (Å²) in [5.41, 5.74) is 2.02. The topological polar surface area (TPSA) is 36.4 Å². The van der Waals surface area contributed by atoms with Gasteiger partial charge in [0.05, 0.1) is 6.10 Å². The number of nitrogens with zero attached hydrogens (tertiary/aromatic N) is 2. The summed E-state index contributed by atoms with van der Waals surface area (Å²) < 4.78 is 12.8. The molecule has 21 heavy (non-hydrogen) atoms. The Labute approximate surface area is 125 Å². The van der Waals surface area contributed by atoms with Crippen molar-refractivity contribution in [1.29, 1.82) is 0 Å². The maximum Gasteiger partial charge on any atom is 0.123 e. The molecule has 0 aliphatic rings. The summed E-state index contributed by atoms with van der Waals surface area (Å²) in [6, 6.07) is 10.1. The summed E-state index contributed by atoms with van der Waals surface area (Å²) in [6.07, 6.45) is 4.65. The van der Waals surface area contributed by atoms with E-state index in [4.69, 9.17) is 0 Å². The Morgan fingerprint density at radius 3 is 2.43 bits per heavy atom. The SMILES string of the molecule is CN(CCc1ccncc1)CCC(O)c1ccc(F)cc1. The number of halogens is 1. The van der Waals surface area contributed by atoms with Crippen LogP contribution in [0, 0.1) is 5.82 Å². The highest BCUT2D eigenvalue weighted by Crippen LogP contribution is 2.17. The van der Waals surface area contributed by atoms with Gasteiger partial charge in [-0.05, 0) is 55.3 Å². The molecule has 2 rings (SSSR count). The number of likely N-dealkylation sites (N-methyl/N-ethyl adjacent to an activating group) is 1. The summed E-state index contributed by atoms with van der Waals surface area (Å²) in [7, 11) is 2.04. The minimum Gasteiger partial charge on any atom is -0.388 e. The number of aliphatic hydroxyl groups excluding tert-OH is 1. The van der Waals surface area contributed by atoms with Crippen LogP contribution in [0.5, 0.6) is 0 Å². The van der Waals surface area contributed by atoms with Crippen molar-refractivity contribution < 1.29 is 9.50 Å². The van der Waals surface area contributed by atoms with Gasteiger partial charge in [0.2, 0.25) is 0 Å². The molecule has 0 radical (unpaired) electrons. The van der Waals surface area contributed by atoms with Crippen LogP contribution >= 0.6 is 0 Å². The highest BCUT2D eigenvalue weighted by atomic mass is 19.1. The first kappa shape index (κ1) is 15.6. The van der Waals surface area contributed by atoms with Crippen molar-refractivity contribution in [2.75, 3.05) is 20.1 Å². The summed E-state index contributed by atoms with van der Waals surface area (Å²) >= 11 is 0. The lowest BCUT2D eigenvalue weighted by atomic mass is 10.1. The standard InChI is InChI=1S/C17H21FN2O/c1-20(12-8-14-6-10-19-11-7-14)13-9-17(21)15-2-4-16(18)5-3-15/h2-7,10-11,17,21H,8-9,12-13H2,1H3. The van der Waals surface area contributed by atoms with E-state index in [1.807, 2.05) is 19.2 Å². The van der Waals surface area contributed by atoms with Crippen molar-refractivity contribution >= 4 is 0 Å². The Hall–Kier alpha value is -1.78. The van der Waals surface area contributed by atoms with Gasteiger partial charge >= 0.3 is 0 Å². The van der Waals surface area contributed by atoms with Crippen molar-refractivity contribution in [3.8, 4) is 0 Å². The second-order valence-corrected chi connectivity index (χ2v) is 5.26. The molecule has 3 nitrogen and oxygen atoms in total. The van der Waals surface area contributed by atoms with Gasteiger partial charge in [0, 0.05) is 25.5 Å². The van der Waals surface area contributed by atoms with E-state index >= 15 is 0 Å². The molecule has 0 aliphatic heterocycles. The highest BCUT2D eigenvalue weighted by molar-refractivity contribution is 5.18. The van der Waals surface area contributed by atoms with Crippen LogP contribution in [-0.2, 0) is 6.42 Å². The number of aliphatic hydroxyl groups is 1. The molecule has 1 atom stereocenters. The lowest BCUT2D eigenvalue weighted by Gasteiger charge is -2.19. The number of pyridine rings is 1. The Morgan fingerprint density at radius 2 is 1.76 bits per heavy atom. The minimum atomic E-state index is -0.547. The predicted octanol–water partition coefficient (Wildman–Crippen LogP) is 2.82. The van der Waals surface area contributed by atoms with Gasteiger partial charge < -0.3 is 10.0 Å². The fourth-order valence-electron chi connectivity index (χ4n) is 2.18. The van der Waals surface area contributed by atoms with Gasteiger partial charge in [-0.1, -0.05) is 12.1 Å². The van der Waals surface area contributed by atoms with Gasteiger partial charge in [0.15, 0.2) is 0 Å². The Bertz CT molecular complexity index is 530. The average Bonchev–Trinajstić information content (AvgIpc) is 2.52. The summed E-state index contributed by atoms with van der Waals surface area (Å²) in [6.45, 7) is 1.73. The first-order valence-corrected chi connectivity index (χ1v) is 7.16. The van der Waals surface area contributed by atoms with E-state index in [0.29, 0.717) is 6.42 Å². The maximum absolute atomic E-state index is 12.8. The Kier molecular flexibility index (Phi) is 5.84. The number of hydrogen-bond donors (Lipinski definition) is 1. The maximum atomic E-state index is 12.8. The van der Waals surface area contributed by atoms with Gasteiger partial charge in [0.1, 0.15) is 5.82 Å². The molecule has 0 saturated heterocycles. The zero-order valence-corrected chi connectivity index (χ0v) is 12.2. The van der Waals surface area contributed by atoms with E-state index in [1.54, 1.807) is 24.5 Å². The van der Waals surface area contributed by atoms with Gasteiger partial charge in [-0.2, -0.15) is 0 Å². The fraction of sp³-hybridized carbons (Fsp3) is 0.353. The molecule has 0 bridgehead atoms. The van der Waals surface area contributed by atoms with Crippen molar-refractivity contribution in [3.05, 3.63) is 65.7 Å². The lowest BCUT2D eigenvalue weighted by Crippen LogP contribution is -2.23. The van der Waals surface area contributed by atoms with E-state index in [2.05, 4.69) is 9.88 Å². The quantitative estimate of drug-likeness (QED) is 0.851. The van der Waals surface area contributed by atoms with E-state index in [9.17, 15) is 9.50 Å². The molecule has 0 spiro atoms. The Morgan fingerprint density at radius 1 is 1.10 bits per heavy atom. The van der Waals surface area contributed by atoms with Gasteiger partial charge in [-0.25, -0.2) is 4.39 Å². The molecular formula is C17H21FN2O. The molecular weight excluding hydrogens is 267 g/mol. The van der Waals surface area contributed by atoms with E-state index in [1.165, 1.54) is 17.7 Å². The molecule has 1 N–H and O–H groups in total. The third-order valence-corrected chi connectivity index (χ3v) is 3.57. The van der Waals surface area contributed by atoms with Gasteiger partial charge in [-0.15, -0.1) is 0 Å². The molecule has 112 valence electrons. The average molecular weight is 288 g/mol. The van der Waals surface area contributed by atoms with Gasteiger partial charge in [0.25, 0.3) is 0 Å². The first-order chi connectivity index (χ1) is 10.1. The molecule has 0 aliphatic carbocycles. The summed E-state index contributed by atoms with van der Waals surface area (Å²) in [5, 5.41) is 10.1. The van der Waals surface area contributed by atoms with Crippen LogP contribution in [0.25, 0.3) is 0 Å². The van der Waals surface area contributed by atoms with Crippen molar-refractivity contribution in [2.24, 2.45) is 0 Å². The van der Waals surface area contributed by atoms with Crippen LogP contribution in [0.1, 0.15) is 23.7 Å². The second-order valence-electron chi connectivity index (χ2n) is 5.26. The normalized spacial score (nSPS) is 12.6.